The molecule has 3 heteroatoms. The molecule has 90 valence electrons. The summed E-state index contributed by atoms with van der Waals surface area (Å²) in [6.45, 7) is 5.35. The van der Waals surface area contributed by atoms with Gasteiger partial charge in [0.1, 0.15) is 0 Å². The Morgan fingerprint density at radius 2 is 2.12 bits per heavy atom. The molecule has 0 bridgehead atoms. The monoisotopic (exact) mass is 242 g/mol. The minimum atomic E-state index is -0.491. The van der Waals surface area contributed by atoms with E-state index in [1.54, 1.807) is 0 Å². The Hall–Kier alpha value is -0.570. The average Bonchev–Trinajstić information content (AvgIpc) is 2.28. The average molecular weight is 243 g/mol. The lowest BCUT2D eigenvalue weighted by atomic mass is 10.1. The molecule has 0 amide bonds. The molecule has 0 aromatic heterocycles. The molecular weight excluding hydrogens is 224 g/mol. The van der Waals surface area contributed by atoms with Crippen LogP contribution in [0.3, 0.4) is 0 Å². The zero-order chi connectivity index (χ0) is 12.0. The van der Waals surface area contributed by atoms with Crippen molar-refractivity contribution in [2.75, 3.05) is 13.2 Å². The summed E-state index contributed by atoms with van der Waals surface area (Å²) in [4.78, 5) is 0. The van der Waals surface area contributed by atoms with Gasteiger partial charge in [-0.1, -0.05) is 30.7 Å². The third-order valence-electron chi connectivity index (χ3n) is 2.46. The molecule has 0 saturated carbocycles. The van der Waals surface area contributed by atoms with Crippen molar-refractivity contribution < 1.29 is 9.84 Å². The van der Waals surface area contributed by atoms with Gasteiger partial charge in [0, 0.05) is 24.7 Å². The van der Waals surface area contributed by atoms with Crippen LogP contribution in [0.4, 0.5) is 0 Å². The van der Waals surface area contributed by atoms with Crippen LogP contribution in [0.5, 0.6) is 0 Å². The van der Waals surface area contributed by atoms with Crippen LogP contribution in [0.25, 0.3) is 0 Å². The van der Waals surface area contributed by atoms with E-state index in [0.717, 1.165) is 24.2 Å². The third-order valence-corrected chi connectivity index (χ3v) is 2.87. The Bertz CT molecular complexity index is 326. The second kappa shape index (κ2) is 6.89. The second-order valence-corrected chi connectivity index (χ2v) is 4.33. The molecule has 2 nitrogen and oxygen atoms in total. The van der Waals surface area contributed by atoms with Crippen LogP contribution in [0.2, 0.25) is 5.02 Å². The molecule has 0 aliphatic heterocycles. The van der Waals surface area contributed by atoms with Gasteiger partial charge in [-0.3, -0.25) is 0 Å². The van der Waals surface area contributed by atoms with Crippen molar-refractivity contribution in [3.8, 4) is 0 Å². The number of rotatable bonds is 6. The first-order valence-corrected chi connectivity index (χ1v) is 6.04. The van der Waals surface area contributed by atoms with E-state index < -0.39 is 6.10 Å². The van der Waals surface area contributed by atoms with E-state index in [1.165, 1.54) is 0 Å². The molecule has 1 unspecified atom stereocenters. The molecule has 1 aromatic rings. The van der Waals surface area contributed by atoms with Crippen molar-refractivity contribution in [1.82, 2.24) is 0 Å². The third kappa shape index (κ3) is 4.12. The van der Waals surface area contributed by atoms with Crippen LogP contribution >= 0.6 is 11.6 Å². The van der Waals surface area contributed by atoms with E-state index in [1.807, 2.05) is 25.1 Å². The smallest absolute Gasteiger partial charge is 0.0812 e. The van der Waals surface area contributed by atoms with Gasteiger partial charge in [0.2, 0.25) is 0 Å². The summed E-state index contributed by atoms with van der Waals surface area (Å²) in [5.41, 5.74) is 1.88. The second-order valence-electron chi connectivity index (χ2n) is 3.93. The molecule has 1 atom stereocenters. The quantitative estimate of drug-likeness (QED) is 0.774. The van der Waals surface area contributed by atoms with Crippen molar-refractivity contribution in [2.24, 2.45) is 0 Å². The van der Waals surface area contributed by atoms with Crippen molar-refractivity contribution >= 4 is 11.6 Å². The normalized spacial score (nSPS) is 12.8. The standard InChI is InChI=1S/C13H19ClO2/c1-3-7-16-8-6-13(15)11-5-4-10(2)12(14)9-11/h4-5,9,13,15H,3,6-8H2,1-2H3. The number of hydrogen-bond acceptors (Lipinski definition) is 2. The molecule has 0 radical (unpaired) electrons. The van der Waals surface area contributed by atoms with Gasteiger partial charge in [0.25, 0.3) is 0 Å². The number of aryl methyl sites for hydroxylation is 1. The van der Waals surface area contributed by atoms with E-state index in [-0.39, 0.29) is 0 Å². The summed E-state index contributed by atoms with van der Waals surface area (Å²) >= 11 is 6.00. The molecule has 1 N–H and O–H groups in total. The lowest BCUT2D eigenvalue weighted by Crippen LogP contribution is -2.04. The van der Waals surface area contributed by atoms with Crippen LogP contribution < -0.4 is 0 Å². The molecule has 1 aromatic carbocycles. The highest BCUT2D eigenvalue weighted by Crippen LogP contribution is 2.23. The minimum Gasteiger partial charge on any atom is -0.388 e. The molecule has 0 spiro atoms. The van der Waals surface area contributed by atoms with Gasteiger partial charge in [0.05, 0.1) is 6.10 Å². The first-order valence-electron chi connectivity index (χ1n) is 5.67. The largest absolute Gasteiger partial charge is 0.388 e. The highest BCUT2D eigenvalue weighted by atomic mass is 35.5. The van der Waals surface area contributed by atoms with E-state index in [0.29, 0.717) is 18.1 Å². The van der Waals surface area contributed by atoms with Gasteiger partial charge in [-0.05, 0) is 30.5 Å². The minimum absolute atomic E-state index is 0.491. The maximum Gasteiger partial charge on any atom is 0.0812 e. The highest BCUT2D eigenvalue weighted by Gasteiger charge is 2.08. The summed E-state index contributed by atoms with van der Waals surface area (Å²) in [5, 5.41) is 10.6. The van der Waals surface area contributed by atoms with Crippen LogP contribution in [0, 0.1) is 6.92 Å². The van der Waals surface area contributed by atoms with E-state index in [4.69, 9.17) is 16.3 Å². The fourth-order valence-electron chi connectivity index (χ4n) is 1.42. The lowest BCUT2D eigenvalue weighted by molar-refractivity contribution is 0.0822. The molecule has 1 rings (SSSR count). The zero-order valence-corrected chi connectivity index (χ0v) is 10.6. The Morgan fingerprint density at radius 3 is 2.75 bits per heavy atom. The van der Waals surface area contributed by atoms with Gasteiger partial charge in [-0.25, -0.2) is 0 Å². The Kier molecular flexibility index (Phi) is 5.81. The molecule has 0 heterocycles. The first-order chi connectivity index (χ1) is 7.65. The summed E-state index contributed by atoms with van der Waals surface area (Å²) in [7, 11) is 0. The van der Waals surface area contributed by atoms with E-state index in [2.05, 4.69) is 6.92 Å². The van der Waals surface area contributed by atoms with E-state index >= 15 is 0 Å². The van der Waals surface area contributed by atoms with Gasteiger partial charge in [-0.2, -0.15) is 0 Å². The molecule has 0 aliphatic carbocycles. The van der Waals surface area contributed by atoms with Crippen molar-refractivity contribution in [2.45, 2.75) is 32.8 Å². The zero-order valence-electron chi connectivity index (χ0n) is 9.87. The number of benzene rings is 1. The van der Waals surface area contributed by atoms with Gasteiger partial charge in [0.15, 0.2) is 0 Å². The number of aliphatic hydroxyl groups is 1. The SMILES string of the molecule is CCCOCCC(O)c1ccc(C)c(Cl)c1. The molecule has 0 aliphatic rings. The van der Waals surface area contributed by atoms with Crippen LogP contribution in [0.15, 0.2) is 18.2 Å². The fraction of sp³-hybridized carbons (Fsp3) is 0.538. The van der Waals surface area contributed by atoms with Crippen molar-refractivity contribution in [1.29, 1.82) is 0 Å². The van der Waals surface area contributed by atoms with Crippen LogP contribution in [0.1, 0.15) is 37.0 Å². The van der Waals surface area contributed by atoms with E-state index in [9.17, 15) is 5.11 Å². The lowest BCUT2D eigenvalue weighted by Gasteiger charge is -2.12. The van der Waals surface area contributed by atoms with Crippen molar-refractivity contribution in [3.63, 3.8) is 0 Å². The predicted octanol–water partition coefficient (Wildman–Crippen LogP) is 3.50. The molecule has 16 heavy (non-hydrogen) atoms. The Balaban J connectivity index is 2.46. The number of ether oxygens (including phenoxy) is 1. The topological polar surface area (TPSA) is 29.5 Å². The number of aliphatic hydroxyl groups excluding tert-OH is 1. The summed E-state index contributed by atoms with van der Waals surface area (Å²) in [6, 6.07) is 5.65. The number of hydrogen-bond donors (Lipinski definition) is 1. The van der Waals surface area contributed by atoms with Crippen molar-refractivity contribution in [3.05, 3.63) is 34.3 Å². The fourth-order valence-corrected chi connectivity index (χ4v) is 1.61. The highest BCUT2D eigenvalue weighted by molar-refractivity contribution is 6.31. The molecule has 0 fully saturated rings. The maximum absolute atomic E-state index is 9.90. The molecular formula is C13H19ClO2. The van der Waals surface area contributed by atoms with Gasteiger partial charge >= 0.3 is 0 Å². The van der Waals surface area contributed by atoms with Gasteiger partial charge < -0.3 is 9.84 Å². The summed E-state index contributed by atoms with van der Waals surface area (Å²) in [5.74, 6) is 0. The molecule has 0 saturated heterocycles. The van der Waals surface area contributed by atoms with Crippen LogP contribution in [-0.2, 0) is 4.74 Å². The maximum atomic E-state index is 9.90. The summed E-state index contributed by atoms with van der Waals surface area (Å²) < 4.78 is 5.34. The van der Waals surface area contributed by atoms with Crippen LogP contribution in [-0.4, -0.2) is 18.3 Å². The summed E-state index contributed by atoms with van der Waals surface area (Å²) in [6.07, 6.45) is 1.13. The predicted molar refractivity (Wildman–Crippen MR) is 66.9 cm³/mol. The Labute approximate surface area is 102 Å². The Morgan fingerprint density at radius 1 is 1.38 bits per heavy atom. The first kappa shape index (κ1) is 13.5. The van der Waals surface area contributed by atoms with Gasteiger partial charge in [-0.15, -0.1) is 0 Å². The number of halogens is 1.